The van der Waals surface area contributed by atoms with Crippen molar-refractivity contribution in [2.24, 2.45) is 0 Å². The van der Waals surface area contributed by atoms with Gasteiger partial charge in [-0.2, -0.15) is 5.10 Å². The summed E-state index contributed by atoms with van der Waals surface area (Å²) in [5, 5.41) is 8.50. The Morgan fingerprint density at radius 2 is 2.18 bits per heavy atom. The number of aromatic amines is 1. The predicted octanol–water partition coefficient (Wildman–Crippen LogP) is 0.552. The van der Waals surface area contributed by atoms with E-state index in [1.54, 1.807) is 14.1 Å². The van der Waals surface area contributed by atoms with Gasteiger partial charge >= 0.3 is 0 Å². The van der Waals surface area contributed by atoms with E-state index in [0.29, 0.717) is 0 Å². The highest BCUT2D eigenvalue weighted by Crippen LogP contribution is 2.40. The number of carbonyl (C=O) groups is 2. The summed E-state index contributed by atoms with van der Waals surface area (Å²) in [4.78, 5) is 24.5. The lowest BCUT2D eigenvalue weighted by atomic mass is 10.2. The second-order valence-electron chi connectivity index (χ2n) is 4.28. The first-order chi connectivity index (χ1) is 7.94. The number of rotatable bonds is 3. The van der Waals surface area contributed by atoms with E-state index < -0.39 is 11.6 Å². The third kappa shape index (κ3) is 2.13. The van der Waals surface area contributed by atoms with Crippen molar-refractivity contribution in [2.45, 2.75) is 18.5 Å². The molecule has 2 amide bonds. The molecule has 1 fully saturated rings. The number of nitrogens with one attached hydrogen (secondary N) is 2. The third-order valence-electron chi connectivity index (χ3n) is 2.61. The predicted molar refractivity (Wildman–Crippen MR) is 58.3 cm³/mol. The number of anilines is 1. The van der Waals surface area contributed by atoms with Crippen LogP contribution < -0.4 is 5.32 Å². The smallest absolute Gasteiger partial charge is 0.263 e. The summed E-state index contributed by atoms with van der Waals surface area (Å²) in [6.07, 6.45) is 1.75. The van der Waals surface area contributed by atoms with Crippen LogP contribution in [0.4, 0.5) is 10.2 Å². The molecule has 1 heterocycles. The molecule has 0 unspecified atom stereocenters. The number of alkyl halides is 1. The Hall–Kier alpha value is -1.92. The minimum Gasteiger partial charge on any atom is -0.345 e. The fourth-order valence-corrected chi connectivity index (χ4v) is 1.35. The van der Waals surface area contributed by atoms with Crippen LogP contribution in [0.3, 0.4) is 0 Å². The number of aromatic nitrogens is 2. The number of hydrogen-bond donors (Lipinski definition) is 2. The fourth-order valence-electron chi connectivity index (χ4n) is 1.35. The van der Waals surface area contributed by atoms with Crippen molar-refractivity contribution >= 4 is 17.6 Å². The van der Waals surface area contributed by atoms with Gasteiger partial charge in [-0.3, -0.25) is 14.7 Å². The van der Waals surface area contributed by atoms with Crippen molar-refractivity contribution in [3.63, 3.8) is 0 Å². The van der Waals surface area contributed by atoms with Crippen molar-refractivity contribution in [3.8, 4) is 0 Å². The number of nitrogens with zero attached hydrogens (tertiary/aromatic N) is 2. The summed E-state index contributed by atoms with van der Waals surface area (Å²) in [6, 6.07) is 0. The quantitative estimate of drug-likeness (QED) is 0.810. The van der Waals surface area contributed by atoms with Gasteiger partial charge in [0.1, 0.15) is 11.4 Å². The van der Waals surface area contributed by atoms with E-state index in [0.717, 1.165) is 0 Å². The van der Waals surface area contributed by atoms with Gasteiger partial charge in [0.2, 0.25) is 0 Å². The molecule has 1 aliphatic carbocycles. The molecule has 17 heavy (non-hydrogen) atoms. The number of halogens is 1. The molecule has 7 heteroatoms. The average molecular weight is 240 g/mol. The van der Waals surface area contributed by atoms with Crippen LogP contribution in [0, 0.1) is 0 Å². The molecule has 2 N–H and O–H groups in total. The molecule has 0 spiro atoms. The van der Waals surface area contributed by atoms with Crippen molar-refractivity contribution in [1.82, 2.24) is 15.1 Å². The molecule has 0 saturated heterocycles. The second-order valence-corrected chi connectivity index (χ2v) is 4.28. The van der Waals surface area contributed by atoms with Crippen LogP contribution in [0.15, 0.2) is 6.20 Å². The topological polar surface area (TPSA) is 78.1 Å². The molecule has 0 bridgehead atoms. The molecule has 2 rings (SSSR count). The largest absolute Gasteiger partial charge is 0.345 e. The van der Waals surface area contributed by atoms with Gasteiger partial charge in [0.15, 0.2) is 5.67 Å². The first kappa shape index (κ1) is 11.6. The van der Waals surface area contributed by atoms with Crippen LogP contribution in [0.5, 0.6) is 0 Å². The lowest BCUT2D eigenvalue weighted by molar-refractivity contribution is -0.122. The van der Waals surface area contributed by atoms with Crippen LogP contribution in [0.1, 0.15) is 23.2 Å². The molecule has 6 nitrogen and oxygen atoms in total. The first-order valence-electron chi connectivity index (χ1n) is 5.19. The minimum absolute atomic E-state index is 0.137. The Labute approximate surface area is 97.2 Å². The zero-order valence-electron chi connectivity index (χ0n) is 9.58. The standard InChI is InChI=1S/C10H13FN4O2/c1-15(2)8(16)6-5-12-14-7(6)13-9(17)10(11)3-4-10/h5H,3-4H2,1-2H3,(H2,12,13,14,17). The zero-order valence-corrected chi connectivity index (χ0v) is 9.58. The summed E-state index contributed by atoms with van der Waals surface area (Å²) in [5.74, 6) is -0.898. The van der Waals surface area contributed by atoms with Gasteiger partial charge in [0, 0.05) is 14.1 Å². The Morgan fingerprint density at radius 3 is 2.71 bits per heavy atom. The van der Waals surface area contributed by atoms with E-state index in [-0.39, 0.29) is 30.1 Å². The molecular formula is C10H13FN4O2. The highest BCUT2D eigenvalue weighted by atomic mass is 19.1. The summed E-state index contributed by atoms with van der Waals surface area (Å²) in [7, 11) is 3.16. The first-order valence-corrected chi connectivity index (χ1v) is 5.19. The molecule has 1 aliphatic rings. The van der Waals surface area contributed by atoms with Gasteiger partial charge in [-0.15, -0.1) is 0 Å². The van der Waals surface area contributed by atoms with Crippen molar-refractivity contribution < 1.29 is 14.0 Å². The summed E-state index contributed by atoms with van der Waals surface area (Å²) < 4.78 is 13.4. The molecule has 0 aromatic carbocycles. The van der Waals surface area contributed by atoms with Crippen LogP contribution >= 0.6 is 0 Å². The average Bonchev–Trinajstić information content (AvgIpc) is 2.87. The zero-order chi connectivity index (χ0) is 12.6. The molecule has 92 valence electrons. The SMILES string of the molecule is CN(C)C(=O)c1cn[nH]c1NC(=O)C1(F)CC1. The van der Waals surface area contributed by atoms with Gasteiger partial charge in [-0.25, -0.2) is 4.39 Å². The van der Waals surface area contributed by atoms with E-state index in [9.17, 15) is 14.0 Å². The highest BCUT2D eigenvalue weighted by molar-refractivity contribution is 6.05. The monoisotopic (exact) mass is 240 g/mol. The maximum absolute atomic E-state index is 13.4. The summed E-state index contributed by atoms with van der Waals surface area (Å²) >= 11 is 0. The lowest BCUT2D eigenvalue weighted by Gasteiger charge is -2.11. The van der Waals surface area contributed by atoms with Crippen molar-refractivity contribution in [1.29, 1.82) is 0 Å². The Balaban J connectivity index is 2.14. The Kier molecular flexibility index (Phi) is 2.60. The molecule has 1 saturated carbocycles. The lowest BCUT2D eigenvalue weighted by Crippen LogP contribution is -2.28. The minimum atomic E-state index is -1.77. The van der Waals surface area contributed by atoms with Crippen LogP contribution in [0.2, 0.25) is 0 Å². The number of hydrogen-bond acceptors (Lipinski definition) is 3. The molecule has 0 atom stereocenters. The van der Waals surface area contributed by atoms with E-state index >= 15 is 0 Å². The molecule has 1 aromatic heterocycles. The van der Waals surface area contributed by atoms with Gasteiger partial charge < -0.3 is 10.2 Å². The van der Waals surface area contributed by atoms with Crippen LogP contribution in [-0.2, 0) is 4.79 Å². The Morgan fingerprint density at radius 1 is 1.53 bits per heavy atom. The van der Waals surface area contributed by atoms with E-state index in [1.807, 2.05) is 0 Å². The third-order valence-corrected chi connectivity index (χ3v) is 2.61. The number of amides is 2. The maximum atomic E-state index is 13.4. The Bertz CT molecular complexity index is 465. The normalized spacial score (nSPS) is 16.4. The molecule has 1 aromatic rings. The summed E-state index contributed by atoms with van der Waals surface area (Å²) in [6.45, 7) is 0. The molecule has 0 radical (unpaired) electrons. The molecule has 0 aliphatic heterocycles. The van der Waals surface area contributed by atoms with Crippen molar-refractivity contribution in [3.05, 3.63) is 11.8 Å². The number of carbonyl (C=O) groups excluding carboxylic acids is 2. The fraction of sp³-hybridized carbons (Fsp3) is 0.500. The second kappa shape index (κ2) is 3.83. The van der Waals surface area contributed by atoms with E-state index in [4.69, 9.17) is 0 Å². The maximum Gasteiger partial charge on any atom is 0.263 e. The van der Waals surface area contributed by atoms with Crippen LogP contribution in [-0.4, -0.2) is 46.7 Å². The van der Waals surface area contributed by atoms with Gasteiger partial charge in [0.25, 0.3) is 11.8 Å². The summed E-state index contributed by atoms with van der Waals surface area (Å²) in [5.41, 5.74) is -1.56. The van der Waals surface area contributed by atoms with Gasteiger partial charge in [0.05, 0.1) is 6.20 Å². The molecular weight excluding hydrogens is 227 g/mol. The van der Waals surface area contributed by atoms with Gasteiger partial charge in [-0.1, -0.05) is 0 Å². The van der Waals surface area contributed by atoms with E-state index in [2.05, 4.69) is 15.5 Å². The number of H-pyrrole nitrogens is 1. The van der Waals surface area contributed by atoms with E-state index in [1.165, 1.54) is 11.1 Å². The van der Waals surface area contributed by atoms with Crippen LogP contribution in [0.25, 0.3) is 0 Å². The van der Waals surface area contributed by atoms with Crippen molar-refractivity contribution in [2.75, 3.05) is 19.4 Å². The van der Waals surface area contributed by atoms with Gasteiger partial charge in [-0.05, 0) is 12.8 Å². The highest BCUT2D eigenvalue weighted by Gasteiger charge is 2.51.